The molecule has 3 rings (SSSR count). The van der Waals surface area contributed by atoms with Gasteiger partial charge in [-0.3, -0.25) is 14.5 Å². The van der Waals surface area contributed by atoms with Gasteiger partial charge in [0, 0.05) is 12.1 Å². The van der Waals surface area contributed by atoms with Crippen LogP contribution in [-0.2, 0) is 11.3 Å². The number of carbonyl (C=O) groups is 1. The monoisotopic (exact) mass is 416 g/mol. The second kappa shape index (κ2) is 9.93. The van der Waals surface area contributed by atoms with E-state index in [2.05, 4.69) is 22.2 Å². The minimum atomic E-state index is -0.243. The summed E-state index contributed by atoms with van der Waals surface area (Å²) >= 11 is 0. The van der Waals surface area contributed by atoms with Crippen LogP contribution < -0.4 is 20.3 Å². The summed E-state index contributed by atoms with van der Waals surface area (Å²) in [5.74, 6) is 2.05. The normalized spacial score (nSPS) is 19.1. The molecule has 0 saturated heterocycles. The highest BCUT2D eigenvalue weighted by Gasteiger charge is 2.23. The number of benzene rings is 1. The van der Waals surface area contributed by atoms with Gasteiger partial charge in [-0.25, -0.2) is 4.98 Å². The molecular weight excluding hydrogens is 384 g/mol. The Morgan fingerprint density at radius 3 is 2.60 bits per heavy atom. The van der Waals surface area contributed by atoms with Gasteiger partial charge in [-0.15, -0.1) is 0 Å². The summed E-state index contributed by atoms with van der Waals surface area (Å²) in [6.07, 6.45) is 4.62. The Hall–Kier alpha value is -2.61. The van der Waals surface area contributed by atoms with Crippen molar-refractivity contribution in [1.29, 1.82) is 0 Å². The van der Waals surface area contributed by atoms with Crippen molar-refractivity contribution in [1.82, 2.24) is 20.2 Å². The Morgan fingerprint density at radius 2 is 1.93 bits per heavy atom. The van der Waals surface area contributed by atoms with Gasteiger partial charge >= 0.3 is 0 Å². The van der Waals surface area contributed by atoms with Crippen LogP contribution in [0.4, 0.5) is 0 Å². The van der Waals surface area contributed by atoms with Crippen molar-refractivity contribution in [3.8, 4) is 11.5 Å². The number of ether oxygens (including phenoxy) is 2. The van der Waals surface area contributed by atoms with Gasteiger partial charge in [0.2, 0.25) is 5.91 Å². The summed E-state index contributed by atoms with van der Waals surface area (Å²) in [5.41, 5.74) is 0.287. The summed E-state index contributed by atoms with van der Waals surface area (Å²) in [4.78, 5) is 34.5. The summed E-state index contributed by atoms with van der Waals surface area (Å²) < 4.78 is 10.6. The average Bonchev–Trinajstić information content (AvgIpc) is 2.74. The first-order valence-corrected chi connectivity index (χ1v) is 10.6. The Balaban J connectivity index is 1.73. The topological polar surface area (TPSA) is 96.6 Å². The highest BCUT2D eigenvalue weighted by molar-refractivity contribution is 5.82. The Bertz CT molecular complexity index is 943. The van der Waals surface area contributed by atoms with E-state index in [0.717, 1.165) is 6.42 Å². The third-order valence-electron chi connectivity index (χ3n) is 5.91. The van der Waals surface area contributed by atoms with Gasteiger partial charge in [0.05, 0.1) is 38.2 Å². The molecule has 1 fully saturated rings. The number of aromatic amines is 1. The number of rotatable bonds is 8. The average molecular weight is 417 g/mol. The molecule has 8 heteroatoms. The zero-order chi connectivity index (χ0) is 21.7. The molecule has 0 unspecified atom stereocenters. The third-order valence-corrected chi connectivity index (χ3v) is 5.91. The molecule has 1 amide bonds. The Kier molecular flexibility index (Phi) is 7.31. The molecule has 164 valence electrons. The number of methoxy groups -OCH3 is 2. The van der Waals surface area contributed by atoms with Crippen LogP contribution in [0.3, 0.4) is 0 Å². The first kappa shape index (κ1) is 22.1. The molecule has 0 spiro atoms. The van der Waals surface area contributed by atoms with Gasteiger partial charge in [0.25, 0.3) is 5.56 Å². The van der Waals surface area contributed by atoms with E-state index >= 15 is 0 Å². The van der Waals surface area contributed by atoms with E-state index in [4.69, 9.17) is 9.47 Å². The predicted molar refractivity (Wildman–Crippen MR) is 116 cm³/mol. The second-order valence-electron chi connectivity index (χ2n) is 7.98. The number of nitrogens with one attached hydrogen (secondary N) is 2. The molecule has 30 heavy (non-hydrogen) atoms. The fraction of sp³-hybridized carbons (Fsp3) is 0.591. The molecule has 8 nitrogen and oxygen atoms in total. The predicted octanol–water partition coefficient (Wildman–Crippen LogP) is 2.46. The van der Waals surface area contributed by atoms with E-state index in [9.17, 15) is 9.59 Å². The third kappa shape index (κ3) is 5.11. The molecule has 1 aromatic carbocycles. The molecule has 0 radical (unpaired) electrons. The molecule has 2 aromatic rings. The standard InChI is InChI=1S/C22H32N4O4/c1-5-26(13-21(27)24-16-9-7-6-8-14(16)2)12-20-23-17-11-19(30-4)18(29-3)10-15(17)22(28)25-20/h10-11,14,16H,5-9,12-13H2,1-4H3,(H,24,27)(H,23,25,28)/t14-,16+/m0/s1. The lowest BCUT2D eigenvalue weighted by Gasteiger charge is -2.30. The molecule has 2 N–H and O–H groups in total. The van der Waals surface area contributed by atoms with Crippen molar-refractivity contribution in [2.24, 2.45) is 5.92 Å². The number of likely N-dealkylation sites (N-methyl/N-ethyl adjacent to an activating group) is 1. The van der Waals surface area contributed by atoms with Crippen LogP contribution >= 0.6 is 0 Å². The maximum absolute atomic E-state index is 12.6. The zero-order valence-electron chi connectivity index (χ0n) is 18.3. The van der Waals surface area contributed by atoms with E-state index < -0.39 is 0 Å². The molecule has 1 saturated carbocycles. The second-order valence-corrected chi connectivity index (χ2v) is 7.98. The lowest BCUT2D eigenvalue weighted by molar-refractivity contribution is -0.123. The number of amides is 1. The first-order valence-electron chi connectivity index (χ1n) is 10.6. The number of aromatic nitrogens is 2. The highest BCUT2D eigenvalue weighted by atomic mass is 16.5. The van der Waals surface area contributed by atoms with Crippen molar-refractivity contribution < 1.29 is 14.3 Å². The maximum Gasteiger partial charge on any atom is 0.258 e. The highest BCUT2D eigenvalue weighted by Crippen LogP contribution is 2.30. The number of hydrogen-bond donors (Lipinski definition) is 2. The summed E-state index contributed by atoms with van der Waals surface area (Å²) in [6, 6.07) is 3.58. The molecule has 0 aliphatic heterocycles. The van der Waals surface area contributed by atoms with Crippen LogP contribution in [0, 0.1) is 5.92 Å². The van der Waals surface area contributed by atoms with Gasteiger partial charge in [0.15, 0.2) is 11.5 Å². The van der Waals surface area contributed by atoms with Gasteiger partial charge in [-0.1, -0.05) is 26.7 Å². The van der Waals surface area contributed by atoms with Crippen LogP contribution in [0.25, 0.3) is 10.9 Å². The lowest BCUT2D eigenvalue weighted by Crippen LogP contribution is -2.45. The number of H-pyrrole nitrogens is 1. The SMILES string of the molecule is CCN(CC(=O)N[C@@H]1CCCC[C@@H]1C)Cc1nc2cc(OC)c(OC)cc2c(=O)[nH]1. The molecule has 1 heterocycles. The van der Waals surface area contributed by atoms with Crippen LogP contribution in [-0.4, -0.2) is 54.1 Å². The fourth-order valence-corrected chi connectivity index (χ4v) is 4.07. The van der Waals surface area contributed by atoms with Crippen molar-refractivity contribution in [3.63, 3.8) is 0 Å². The lowest BCUT2D eigenvalue weighted by atomic mass is 9.86. The number of carbonyl (C=O) groups excluding carboxylic acids is 1. The quantitative estimate of drug-likeness (QED) is 0.686. The van der Waals surface area contributed by atoms with Gasteiger partial charge < -0.3 is 19.8 Å². The van der Waals surface area contributed by atoms with E-state index in [0.29, 0.717) is 47.2 Å². The summed E-state index contributed by atoms with van der Waals surface area (Å²) in [5, 5.41) is 3.62. The van der Waals surface area contributed by atoms with Gasteiger partial charge in [-0.05, 0) is 31.4 Å². The Labute approximate surface area is 177 Å². The van der Waals surface area contributed by atoms with Crippen LogP contribution in [0.1, 0.15) is 45.4 Å². The maximum atomic E-state index is 12.6. The smallest absolute Gasteiger partial charge is 0.258 e. The number of fused-ring (bicyclic) bond motifs is 1. The van der Waals surface area contributed by atoms with E-state index in [1.54, 1.807) is 19.2 Å². The molecule has 1 aromatic heterocycles. The minimum Gasteiger partial charge on any atom is -0.493 e. The summed E-state index contributed by atoms with van der Waals surface area (Å²) in [6.45, 7) is 5.51. The van der Waals surface area contributed by atoms with Crippen molar-refractivity contribution in [2.45, 2.75) is 52.1 Å². The first-order chi connectivity index (χ1) is 14.4. The molecule has 1 aliphatic carbocycles. The molecular formula is C22H32N4O4. The Morgan fingerprint density at radius 1 is 1.23 bits per heavy atom. The summed E-state index contributed by atoms with van der Waals surface area (Å²) in [7, 11) is 3.07. The minimum absolute atomic E-state index is 0.0186. The molecule has 0 bridgehead atoms. The van der Waals surface area contributed by atoms with E-state index in [-0.39, 0.29) is 24.1 Å². The zero-order valence-corrected chi connectivity index (χ0v) is 18.3. The molecule has 1 aliphatic rings. The van der Waals surface area contributed by atoms with Crippen molar-refractivity contribution in [2.75, 3.05) is 27.3 Å². The van der Waals surface area contributed by atoms with Gasteiger partial charge in [0.1, 0.15) is 5.82 Å². The van der Waals surface area contributed by atoms with Gasteiger partial charge in [-0.2, -0.15) is 0 Å². The van der Waals surface area contributed by atoms with E-state index in [1.807, 2.05) is 11.8 Å². The van der Waals surface area contributed by atoms with Crippen LogP contribution in [0.2, 0.25) is 0 Å². The molecule has 2 atom stereocenters. The number of hydrogen-bond acceptors (Lipinski definition) is 6. The van der Waals surface area contributed by atoms with Crippen LogP contribution in [0.5, 0.6) is 11.5 Å². The van der Waals surface area contributed by atoms with Crippen molar-refractivity contribution >= 4 is 16.8 Å². The fourth-order valence-electron chi connectivity index (χ4n) is 4.07. The van der Waals surface area contributed by atoms with Crippen molar-refractivity contribution in [3.05, 3.63) is 28.3 Å². The van der Waals surface area contributed by atoms with Crippen LogP contribution in [0.15, 0.2) is 16.9 Å². The number of nitrogens with zero attached hydrogens (tertiary/aromatic N) is 2. The van der Waals surface area contributed by atoms with E-state index in [1.165, 1.54) is 26.4 Å². The largest absolute Gasteiger partial charge is 0.493 e.